The zero-order valence-electron chi connectivity index (χ0n) is 22.3. The molecule has 2 aliphatic heterocycles. The number of aryl methyl sites for hydroxylation is 1. The third-order valence-electron chi connectivity index (χ3n) is 7.23. The van der Waals surface area contributed by atoms with E-state index < -0.39 is 58.7 Å². The Morgan fingerprint density at radius 2 is 1.90 bits per heavy atom. The van der Waals surface area contributed by atoms with E-state index >= 15 is 0 Å². The van der Waals surface area contributed by atoms with E-state index in [1.54, 1.807) is 18.2 Å². The number of piperidine rings is 1. The number of carbonyl (C=O) groups is 1. The van der Waals surface area contributed by atoms with E-state index in [-0.39, 0.29) is 5.92 Å². The highest BCUT2D eigenvalue weighted by Gasteiger charge is 2.31. The van der Waals surface area contributed by atoms with Crippen molar-refractivity contribution in [1.82, 2.24) is 19.7 Å². The fraction of sp³-hybridized carbons (Fsp3) is 0.462. The number of likely N-dealkylation sites (tertiary alicyclic amines) is 1. The largest absolute Gasteiger partial charge is 0.748 e. The molecule has 226 valence electrons. The molecule has 0 bridgehead atoms. The second kappa shape index (κ2) is 12.1. The summed E-state index contributed by atoms with van der Waals surface area (Å²) in [5, 5.41) is 10.3. The number of benzene rings is 1. The lowest BCUT2D eigenvalue weighted by Gasteiger charge is -2.31. The molecule has 1 fully saturated rings. The predicted molar refractivity (Wildman–Crippen MR) is 142 cm³/mol. The molecule has 4 heterocycles. The Labute approximate surface area is 242 Å². The monoisotopic (exact) mass is 628 g/mol. The van der Waals surface area contributed by atoms with Gasteiger partial charge in [-0.15, -0.1) is 11.3 Å². The Morgan fingerprint density at radius 3 is 2.57 bits per heavy atom. The highest BCUT2D eigenvalue weighted by molar-refractivity contribution is 7.84. The molecular weight excluding hydrogens is 602 g/mol. The Morgan fingerprint density at radius 1 is 1.17 bits per heavy atom. The van der Waals surface area contributed by atoms with Gasteiger partial charge >= 0.3 is 0 Å². The molecule has 0 N–H and O–H groups in total. The lowest BCUT2D eigenvalue weighted by atomic mass is 9.96. The van der Waals surface area contributed by atoms with Crippen LogP contribution in [0.3, 0.4) is 0 Å². The molecule has 2 aliphatic rings. The van der Waals surface area contributed by atoms with Gasteiger partial charge in [-0.25, -0.2) is 31.0 Å². The topological polar surface area (TPSA) is 130 Å². The van der Waals surface area contributed by atoms with Crippen LogP contribution in [0, 0.1) is 6.92 Å². The standard InChI is InChI=1S/C26H27F4N5O5S2/c1-14-2-3-16(13-42(37,38)39)17(8-14)22-10-18(33-40-22)20-12-41-26(31-20)15-4-6-34(7-5-15)23(36)11-35-21(25(29)30)9-19(32-35)24(27)28/h2-3,8-9,12,15,22,24-25H,4-7,10-11,13H2,1H3,(H,37,38,39)/p-1. The second-order valence-corrected chi connectivity index (χ2v) is 12.5. The van der Waals surface area contributed by atoms with Crippen molar-refractivity contribution in [1.29, 1.82) is 0 Å². The number of hydrogen-bond acceptors (Lipinski definition) is 9. The number of oxime groups is 1. The highest BCUT2D eigenvalue weighted by Crippen LogP contribution is 2.35. The molecule has 1 amide bonds. The fourth-order valence-electron chi connectivity index (χ4n) is 5.10. The van der Waals surface area contributed by atoms with Gasteiger partial charge in [0.15, 0.2) is 6.10 Å². The summed E-state index contributed by atoms with van der Waals surface area (Å²) in [6.07, 6.45) is -5.14. The number of rotatable bonds is 9. The molecular formula is C26H26F4N5O5S2-. The average Bonchev–Trinajstić information content (AvgIpc) is 3.69. The molecule has 1 unspecified atom stereocenters. The molecule has 3 aromatic rings. The molecule has 0 spiro atoms. The number of hydrogen-bond donors (Lipinski definition) is 0. The zero-order chi connectivity index (χ0) is 30.2. The van der Waals surface area contributed by atoms with Crippen LogP contribution in [-0.4, -0.2) is 57.3 Å². The molecule has 10 nitrogen and oxygen atoms in total. The first-order valence-corrected chi connectivity index (χ1v) is 15.5. The van der Waals surface area contributed by atoms with Crippen LogP contribution >= 0.6 is 11.3 Å². The summed E-state index contributed by atoms with van der Waals surface area (Å²) in [5.74, 6) is -1.09. The summed E-state index contributed by atoms with van der Waals surface area (Å²) < 4.78 is 87.2. The van der Waals surface area contributed by atoms with Crippen LogP contribution in [0.1, 0.15) is 82.9 Å². The van der Waals surface area contributed by atoms with Gasteiger partial charge in [0.05, 0.1) is 26.6 Å². The van der Waals surface area contributed by atoms with Crippen LogP contribution in [0.15, 0.2) is 34.8 Å². The van der Waals surface area contributed by atoms with Crippen LogP contribution in [0.2, 0.25) is 0 Å². The van der Waals surface area contributed by atoms with Crippen molar-refractivity contribution in [3.8, 4) is 0 Å². The maximum Gasteiger partial charge on any atom is 0.282 e. The van der Waals surface area contributed by atoms with E-state index in [1.807, 2.05) is 12.3 Å². The Kier molecular flexibility index (Phi) is 8.66. The van der Waals surface area contributed by atoms with Crippen LogP contribution < -0.4 is 0 Å². The molecule has 0 saturated carbocycles. The number of alkyl halides is 4. The molecule has 16 heteroatoms. The van der Waals surface area contributed by atoms with E-state index in [0.717, 1.165) is 10.6 Å². The zero-order valence-corrected chi connectivity index (χ0v) is 23.9. The van der Waals surface area contributed by atoms with Gasteiger partial charge in [-0.1, -0.05) is 28.9 Å². The van der Waals surface area contributed by atoms with Crippen molar-refractivity contribution >= 4 is 33.1 Å². The molecule has 42 heavy (non-hydrogen) atoms. The Bertz CT molecular complexity index is 1600. The van der Waals surface area contributed by atoms with Gasteiger partial charge in [-0.05, 0) is 37.0 Å². The lowest BCUT2D eigenvalue weighted by molar-refractivity contribution is -0.133. The van der Waals surface area contributed by atoms with Gasteiger partial charge < -0.3 is 14.3 Å². The van der Waals surface area contributed by atoms with E-state index in [4.69, 9.17) is 9.82 Å². The van der Waals surface area contributed by atoms with Crippen molar-refractivity contribution in [3.05, 3.63) is 68.4 Å². The quantitative estimate of drug-likeness (QED) is 0.245. The van der Waals surface area contributed by atoms with Crippen LogP contribution in [0.25, 0.3) is 0 Å². The van der Waals surface area contributed by atoms with Crippen molar-refractivity contribution in [2.24, 2.45) is 5.16 Å². The summed E-state index contributed by atoms with van der Waals surface area (Å²) in [4.78, 5) is 24.6. The van der Waals surface area contributed by atoms with Crippen molar-refractivity contribution in [2.45, 2.75) is 63.4 Å². The van der Waals surface area contributed by atoms with Crippen molar-refractivity contribution < 1.29 is 40.2 Å². The first-order valence-electron chi connectivity index (χ1n) is 13.0. The number of halogens is 4. The molecule has 5 rings (SSSR count). The number of nitrogens with zero attached hydrogens (tertiary/aromatic N) is 5. The number of amides is 1. The van der Waals surface area contributed by atoms with Gasteiger partial charge in [0.25, 0.3) is 12.9 Å². The minimum absolute atomic E-state index is 0.0453. The number of aromatic nitrogens is 3. The van der Waals surface area contributed by atoms with E-state index in [0.29, 0.717) is 65.6 Å². The van der Waals surface area contributed by atoms with Crippen molar-refractivity contribution in [3.63, 3.8) is 0 Å². The third-order valence-corrected chi connectivity index (χ3v) is 8.90. The molecule has 1 saturated heterocycles. The third kappa shape index (κ3) is 6.81. The number of thiazole rings is 1. The molecule has 1 aromatic carbocycles. The molecule has 0 aliphatic carbocycles. The SMILES string of the molecule is Cc1ccc(CS(=O)(=O)[O-])c(C2CC(c3csc(C4CCN(C(=O)Cn5nc(C(F)F)cc5C(F)F)CC4)n3)=NO2)c1. The summed E-state index contributed by atoms with van der Waals surface area (Å²) in [7, 11) is -4.49. The second-order valence-electron chi connectivity index (χ2n) is 10.2. The van der Waals surface area contributed by atoms with Gasteiger partial charge in [-0.2, -0.15) is 5.10 Å². The average molecular weight is 629 g/mol. The van der Waals surface area contributed by atoms with Gasteiger partial charge in [0, 0.05) is 30.8 Å². The molecule has 2 aromatic heterocycles. The van der Waals surface area contributed by atoms with E-state index in [9.17, 15) is 35.3 Å². The minimum Gasteiger partial charge on any atom is -0.748 e. The summed E-state index contributed by atoms with van der Waals surface area (Å²) >= 11 is 1.44. The Balaban J connectivity index is 1.19. The van der Waals surface area contributed by atoms with Crippen LogP contribution in [0.4, 0.5) is 17.6 Å². The van der Waals surface area contributed by atoms with Gasteiger partial charge in [-0.3, -0.25) is 9.48 Å². The minimum atomic E-state index is -4.49. The predicted octanol–water partition coefficient (Wildman–Crippen LogP) is 4.84. The maximum absolute atomic E-state index is 13.3. The summed E-state index contributed by atoms with van der Waals surface area (Å²) in [5.41, 5.74) is 1.52. The summed E-state index contributed by atoms with van der Waals surface area (Å²) in [6.45, 7) is 1.98. The van der Waals surface area contributed by atoms with Gasteiger partial charge in [0.2, 0.25) is 5.91 Å². The smallest absolute Gasteiger partial charge is 0.282 e. The fourth-order valence-corrected chi connectivity index (χ4v) is 6.75. The lowest BCUT2D eigenvalue weighted by Crippen LogP contribution is -2.40. The maximum atomic E-state index is 13.3. The van der Waals surface area contributed by atoms with Crippen LogP contribution in [-0.2, 0) is 32.0 Å². The van der Waals surface area contributed by atoms with E-state index in [2.05, 4.69) is 10.3 Å². The summed E-state index contributed by atoms with van der Waals surface area (Å²) in [6, 6.07) is 5.73. The molecule has 0 radical (unpaired) electrons. The first-order chi connectivity index (χ1) is 19.9. The number of carbonyl (C=O) groups excluding carboxylic acids is 1. The van der Waals surface area contributed by atoms with Crippen molar-refractivity contribution in [2.75, 3.05) is 13.1 Å². The van der Waals surface area contributed by atoms with Gasteiger partial charge in [0.1, 0.15) is 23.6 Å². The van der Waals surface area contributed by atoms with E-state index in [1.165, 1.54) is 16.2 Å². The highest BCUT2D eigenvalue weighted by atomic mass is 32.2. The molecule has 1 atom stereocenters. The Hall–Kier alpha value is -3.37. The first kappa shape index (κ1) is 30.1. The normalized spacial score (nSPS) is 18.1. The van der Waals surface area contributed by atoms with Crippen LogP contribution in [0.5, 0.6) is 0 Å².